The van der Waals surface area contributed by atoms with Crippen molar-refractivity contribution in [3.8, 4) is 73.2 Å². The second kappa shape index (κ2) is 30.0. The van der Waals surface area contributed by atoms with Crippen molar-refractivity contribution in [3.05, 3.63) is 360 Å². The fourth-order valence-electron chi connectivity index (χ4n) is 20.5. The molecule has 5 aromatic heterocycles. The predicted molar refractivity (Wildman–Crippen MR) is 557 cm³/mol. The van der Waals surface area contributed by atoms with Crippen molar-refractivity contribution < 1.29 is 0 Å². The van der Waals surface area contributed by atoms with Crippen molar-refractivity contribution >= 4 is 123 Å². The maximum absolute atomic E-state index is 6.14. The standard InChI is InChI=1S/C122H116BN7/c1-116(2,3)81-39-32-38-77(62-81)80-65-100(125-114(66-80)130-105-60-52-84(119(10,11)12)69-95(105)96-70-85(120(13,14)15)53-61-106(96)130)79-47-57-108-98(64-79)123-97-63-78(99-42-33-45-113(124-99)129-103-58-50-82(117(4,5)6)67-93(103)94-68-83(118(7,8)9)51-59-104(94)129)46-56-107(97)127(101-43-30-28-40-89(101)75-34-24-22-25-35-75)111-73-88(74-112(115(111)123)128(108)102-44-31-29-41-90(102)76-36-26-23-27-37-76)126-109-71-86(121(16,17)18)48-54-91(109)92-55-49-87(72-110(92)126)122(19,20)21/h22-74H,1-21H3. The molecule has 0 unspecified atom stereocenters. The van der Waals surface area contributed by atoms with E-state index in [0.717, 1.165) is 151 Å². The molecule has 2 aliphatic heterocycles. The molecule has 7 heterocycles. The molecule has 130 heavy (non-hydrogen) atoms. The Kier molecular flexibility index (Phi) is 19.2. The third kappa shape index (κ3) is 14.2. The number of para-hydroxylation sites is 2. The smallest absolute Gasteiger partial charge is 0.252 e. The Labute approximate surface area is 767 Å². The Hall–Kier alpha value is -13.6. The molecule has 0 aliphatic carbocycles. The van der Waals surface area contributed by atoms with Gasteiger partial charge in [-0.2, -0.15) is 0 Å². The van der Waals surface area contributed by atoms with E-state index in [0.29, 0.717) is 0 Å². The molecular formula is C122H116BN7. The molecule has 14 aromatic carbocycles. The fourth-order valence-corrected chi connectivity index (χ4v) is 20.5. The number of anilines is 6. The maximum atomic E-state index is 6.14. The monoisotopic (exact) mass is 1690 g/mol. The number of fused-ring (bicyclic) bond motifs is 13. The summed E-state index contributed by atoms with van der Waals surface area (Å²) in [5.41, 5.74) is 36.6. The summed E-state index contributed by atoms with van der Waals surface area (Å²) < 4.78 is 7.47. The molecule has 19 aromatic rings. The van der Waals surface area contributed by atoms with E-state index in [2.05, 4.69) is 490 Å². The summed E-state index contributed by atoms with van der Waals surface area (Å²) in [7, 11) is 0. The molecule has 0 amide bonds. The molecule has 642 valence electrons. The molecule has 0 bridgehead atoms. The summed E-state index contributed by atoms with van der Waals surface area (Å²) in [5, 5.41) is 7.32. The zero-order valence-electron chi connectivity index (χ0n) is 79.3. The highest BCUT2D eigenvalue weighted by Gasteiger charge is 2.46. The molecule has 0 radical (unpaired) electrons. The lowest BCUT2D eigenvalue weighted by Crippen LogP contribution is -2.61. The van der Waals surface area contributed by atoms with Gasteiger partial charge in [0.1, 0.15) is 11.6 Å². The Morgan fingerprint density at radius 2 is 0.569 bits per heavy atom. The summed E-state index contributed by atoms with van der Waals surface area (Å²) in [6.45, 7) is 48.4. The van der Waals surface area contributed by atoms with Gasteiger partial charge in [0.15, 0.2) is 0 Å². The van der Waals surface area contributed by atoms with Crippen LogP contribution in [-0.2, 0) is 37.9 Å². The number of nitrogens with zero attached hydrogens (tertiary/aromatic N) is 7. The van der Waals surface area contributed by atoms with E-state index >= 15 is 0 Å². The molecule has 21 rings (SSSR count). The lowest BCUT2D eigenvalue weighted by molar-refractivity contribution is 0.590. The number of rotatable bonds is 10. The zero-order chi connectivity index (χ0) is 90.5. The highest BCUT2D eigenvalue weighted by Crippen LogP contribution is 2.53. The van der Waals surface area contributed by atoms with E-state index in [1.165, 1.54) is 76.7 Å². The van der Waals surface area contributed by atoms with Crippen molar-refractivity contribution in [1.29, 1.82) is 0 Å². The van der Waals surface area contributed by atoms with Crippen molar-refractivity contribution in [2.24, 2.45) is 0 Å². The lowest BCUT2D eigenvalue weighted by Gasteiger charge is -2.45. The second-order valence-corrected chi connectivity index (χ2v) is 44.0. The first kappa shape index (κ1) is 83.4. The van der Waals surface area contributed by atoms with Gasteiger partial charge in [-0.1, -0.05) is 346 Å². The maximum Gasteiger partial charge on any atom is 0.252 e. The third-order valence-corrected chi connectivity index (χ3v) is 27.9. The summed E-state index contributed by atoms with van der Waals surface area (Å²) in [5.74, 6) is 1.71. The molecule has 0 N–H and O–H groups in total. The van der Waals surface area contributed by atoms with Crippen molar-refractivity contribution in [1.82, 2.24) is 23.7 Å². The summed E-state index contributed by atoms with van der Waals surface area (Å²) in [4.78, 5) is 17.3. The van der Waals surface area contributed by atoms with Gasteiger partial charge in [0.25, 0.3) is 6.71 Å². The molecule has 2 aliphatic rings. The van der Waals surface area contributed by atoms with Gasteiger partial charge in [-0.05, 0) is 248 Å². The Bertz CT molecular complexity index is 7600. The molecule has 8 heteroatoms. The van der Waals surface area contributed by atoms with Crippen LogP contribution in [0.1, 0.15) is 184 Å². The van der Waals surface area contributed by atoms with Crippen molar-refractivity contribution in [2.45, 2.75) is 183 Å². The molecule has 0 saturated carbocycles. The van der Waals surface area contributed by atoms with Gasteiger partial charge in [0.2, 0.25) is 0 Å². The van der Waals surface area contributed by atoms with Crippen LogP contribution >= 0.6 is 0 Å². The van der Waals surface area contributed by atoms with E-state index in [-0.39, 0.29) is 37.9 Å². The van der Waals surface area contributed by atoms with Gasteiger partial charge in [-0.25, -0.2) is 9.97 Å². The predicted octanol–water partition coefficient (Wildman–Crippen LogP) is 31.3. The quantitative estimate of drug-likeness (QED) is 0.128. The SMILES string of the molecule is CC(C)(C)c1cccc(-c2cc(-c3ccc4c(c3)B3c5cc(-c6cccc(-n7c8ccc(C(C)(C)C)cc8c8cc(C(C)(C)C)ccc87)n6)ccc5N(c5ccccc5-c5ccccc5)c5cc(-n6c7cc(C(C)(C)C)ccc7c7ccc(C(C)(C)C)cc76)cc(c53)N4c3ccccc3-c3ccccc3)nc(-n3c4ccc(C(C)(C)C)cc4c4cc(C(C)(C)C)ccc43)c2)c1. The third-order valence-electron chi connectivity index (χ3n) is 27.9. The van der Waals surface area contributed by atoms with E-state index in [4.69, 9.17) is 9.97 Å². The highest BCUT2D eigenvalue weighted by molar-refractivity contribution is 7.00. The average molecular weight is 1690 g/mol. The first-order valence-electron chi connectivity index (χ1n) is 46.6. The molecular weight excluding hydrogens is 1570 g/mol. The number of hydrogen-bond donors (Lipinski definition) is 0. The molecule has 0 atom stereocenters. The Morgan fingerprint density at radius 3 is 1.00 bits per heavy atom. The minimum Gasteiger partial charge on any atom is -0.311 e. The van der Waals surface area contributed by atoms with Crippen molar-refractivity contribution in [2.75, 3.05) is 9.80 Å². The molecule has 0 spiro atoms. The van der Waals surface area contributed by atoms with E-state index in [1.54, 1.807) is 0 Å². The minimum absolute atomic E-state index is 0.0597. The summed E-state index contributed by atoms with van der Waals surface area (Å²) in [6, 6.07) is 124. The van der Waals surface area contributed by atoms with E-state index in [1.807, 2.05) is 0 Å². The van der Waals surface area contributed by atoms with Gasteiger partial charge in [0.05, 0.1) is 61.6 Å². The van der Waals surface area contributed by atoms with Crippen LogP contribution in [0.15, 0.2) is 322 Å². The van der Waals surface area contributed by atoms with Crippen LogP contribution in [0.25, 0.3) is 139 Å². The number of aromatic nitrogens is 5. The van der Waals surface area contributed by atoms with Gasteiger partial charge in [-0.15, -0.1) is 0 Å². The summed E-state index contributed by atoms with van der Waals surface area (Å²) in [6.07, 6.45) is 0. The van der Waals surface area contributed by atoms with Crippen LogP contribution < -0.4 is 26.2 Å². The largest absolute Gasteiger partial charge is 0.311 e. The van der Waals surface area contributed by atoms with E-state index < -0.39 is 6.71 Å². The topological polar surface area (TPSA) is 47.1 Å². The molecule has 0 fully saturated rings. The molecule has 0 saturated heterocycles. The van der Waals surface area contributed by atoms with Crippen LogP contribution in [0.5, 0.6) is 0 Å². The highest BCUT2D eigenvalue weighted by atomic mass is 15.2. The van der Waals surface area contributed by atoms with Gasteiger partial charge >= 0.3 is 0 Å². The van der Waals surface area contributed by atoms with Crippen LogP contribution in [-0.4, -0.2) is 30.4 Å². The van der Waals surface area contributed by atoms with Gasteiger partial charge < -0.3 is 14.4 Å². The Balaban J connectivity index is 0.888. The van der Waals surface area contributed by atoms with Crippen LogP contribution in [0, 0.1) is 0 Å². The van der Waals surface area contributed by atoms with Crippen LogP contribution in [0.2, 0.25) is 0 Å². The Morgan fingerprint density at radius 1 is 0.208 bits per heavy atom. The average Bonchev–Trinajstić information content (AvgIpc) is 1.05. The van der Waals surface area contributed by atoms with Gasteiger partial charge in [-0.3, -0.25) is 9.13 Å². The zero-order valence-corrected chi connectivity index (χ0v) is 79.3. The van der Waals surface area contributed by atoms with Crippen molar-refractivity contribution in [3.63, 3.8) is 0 Å². The number of pyridine rings is 2. The number of hydrogen-bond acceptors (Lipinski definition) is 4. The first-order valence-corrected chi connectivity index (χ1v) is 46.6. The fraction of sp³-hybridized carbons (Fsp3) is 0.230. The lowest BCUT2D eigenvalue weighted by atomic mass is 9.33. The van der Waals surface area contributed by atoms with E-state index in [9.17, 15) is 0 Å². The van der Waals surface area contributed by atoms with Crippen LogP contribution in [0.4, 0.5) is 34.1 Å². The van der Waals surface area contributed by atoms with Gasteiger partial charge in [0, 0.05) is 66.2 Å². The normalized spacial score (nSPS) is 13.4. The second-order valence-electron chi connectivity index (χ2n) is 44.0. The number of benzene rings is 14. The summed E-state index contributed by atoms with van der Waals surface area (Å²) >= 11 is 0. The minimum atomic E-state index is -0.394. The van der Waals surface area contributed by atoms with Crippen LogP contribution in [0.3, 0.4) is 0 Å². The first-order chi connectivity index (χ1) is 61.9. The molecule has 7 nitrogen and oxygen atoms in total.